The Kier molecular flexibility index (Phi) is 12.6. The predicted octanol–water partition coefficient (Wildman–Crippen LogP) is 6.34. The number of nitrogens with zero attached hydrogens (tertiary/aromatic N) is 2. The summed E-state index contributed by atoms with van der Waals surface area (Å²) >= 11 is 6.25. The Balaban J connectivity index is 0.000000225. The zero-order valence-corrected chi connectivity index (χ0v) is 29.3. The zero-order chi connectivity index (χ0) is 35.6. The van der Waals surface area contributed by atoms with Crippen molar-refractivity contribution in [3.05, 3.63) is 100 Å². The van der Waals surface area contributed by atoms with E-state index in [-0.39, 0.29) is 43.3 Å². The van der Waals surface area contributed by atoms with Crippen molar-refractivity contribution < 1.29 is 28.7 Å². The summed E-state index contributed by atoms with van der Waals surface area (Å²) < 4.78 is 5.37. The molecule has 11 heteroatoms. The SMILES string of the molecule is Cc1cccc(NC(=O)C2(NC=O)CCN(C(=O)OC(C)(C)C)CC2)c1Cl.O=C(CCC(=O)N1CCc2ccccc2C1)c1ccccc1. The second-order valence-electron chi connectivity index (χ2n) is 13.3. The summed E-state index contributed by atoms with van der Waals surface area (Å²) in [6.45, 7) is 9.24. The predicted molar refractivity (Wildman–Crippen MR) is 189 cm³/mol. The van der Waals surface area contributed by atoms with E-state index in [9.17, 15) is 24.0 Å². The molecule has 0 aromatic heterocycles. The number of piperidine rings is 1. The molecule has 1 fully saturated rings. The molecule has 10 nitrogen and oxygen atoms in total. The molecule has 49 heavy (non-hydrogen) atoms. The van der Waals surface area contributed by atoms with Crippen LogP contribution in [-0.4, -0.2) is 70.7 Å². The molecule has 2 aliphatic rings. The molecule has 2 aliphatic heterocycles. The summed E-state index contributed by atoms with van der Waals surface area (Å²) in [7, 11) is 0. The summed E-state index contributed by atoms with van der Waals surface area (Å²) in [5.74, 6) is -0.254. The van der Waals surface area contributed by atoms with Crippen LogP contribution in [0.5, 0.6) is 0 Å². The van der Waals surface area contributed by atoms with Gasteiger partial charge in [-0.3, -0.25) is 19.2 Å². The Morgan fingerprint density at radius 2 is 1.51 bits per heavy atom. The number of nitrogens with one attached hydrogen (secondary N) is 2. The molecule has 3 aromatic rings. The van der Waals surface area contributed by atoms with Crippen LogP contribution in [0.3, 0.4) is 0 Å². The first-order chi connectivity index (χ1) is 23.3. The number of Topliss-reactive ketones (excluding diaryl/α,β-unsaturated/α-hetero) is 1. The molecular weight excluding hydrogens is 644 g/mol. The Labute approximate surface area is 293 Å². The highest BCUT2D eigenvalue weighted by atomic mass is 35.5. The van der Waals surface area contributed by atoms with E-state index in [1.54, 1.807) is 49.9 Å². The number of carbonyl (C=O) groups is 5. The van der Waals surface area contributed by atoms with Crippen LogP contribution in [0.1, 0.15) is 73.5 Å². The lowest BCUT2D eigenvalue weighted by atomic mass is 9.86. The largest absolute Gasteiger partial charge is 0.444 e. The monoisotopic (exact) mass is 688 g/mol. The van der Waals surface area contributed by atoms with Gasteiger partial charge in [-0.15, -0.1) is 0 Å². The number of halogens is 1. The van der Waals surface area contributed by atoms with Crippen LogP contribution in [0.15, 0.2) is 72.8 Å². The summed E-state index contributed by atoms with van der Waals surface area (Å²) in [6.07, 6.45) is 2.11. The highest BCUT2D eigenvalue weighted by molar-refractivity contribution is 6.34. The molecule has 0 bridgehead atoms. The minimum Gasteiger partial charge on any atom is -0.444 e. The van der Waals surface area contributed by atoms with Gasteiger partial charge in [-0.25, -0.2) is 4.79 Å². The fraction of sp³-hybridized carbons (Fsp3) is 0.395. The maximum atomic E-state index is 12.9. The van der Waals surface area contributed by atoms with Crippen LogP contribution in [0.4, 0.5) is 10.5 Å². The molecule has 260 valence electrons. The van der Waals surface area contributed by atoms with Crippen LogP contribution in [-0.2, 0) is 32.1 Å². The van der Waals surface area contributed by atoms with Crippen LogP contribution in [0.2, 0.25) is 5.02 Å². The maximum Gasteiger partial charge on any atom is 0.410 e. The third kappa shape index (κ3) is 10.2. The lowest BCUT2D eigenvalue weighted by Gasteiger charge is -2.40. The molecule has 4 amide bonds. The van der Waals surface area contributed by atoms with Crippen LogP contribution < -0.4 is 10.6 Å². The summed E-state index contributed by atoms with van der Waals surface area (Å²) in [4.78, 5) is 64.1. The van der Waals surface area contributed by atoms with Gasteiger partial charge in [0.15, 0.2) is 5.78 Å². The first-order valence-corrected chi connectivity index (χ1v) is 16.9. The number of aryl methyl sites for hydroxylation is 1. The molecule has 2 heterocycles. The normalized spacial score (nSPS) is 15.1. The van der Waals surface area contributed by atoms with Crippen molar-refractivity contribution in [2.24, 2.45) is 0 Å². The fourth-order valence-electron chi connectivity index (χ4n) is 5.79. The molecule has 5 rings (SSSR count). The van der Waals surface area contributed by atoms with Gasteiger partial charge in [0.05, 0.1) is 10.7 Å². The Morgan fingerprint density at radius 3 is 2.16 bits per heavy atom. The van der Waals surface area contributed by atoms with E-state index in [0.717, 1.165) is 18.5 Å². The number of carbonyl (C=O) groups excluding carboxylic acids is 5. The van der Waals surface area contributed by atoms with Crippen molar-refractivity contribution in [1.29, 1.82) is 0 Å². The zero-order valence-electron chi connectivity index (χ0n) is 28.6. The van der Waals surface area contributed by atoms with E-state index in [4.69, 9.17) is 16.3 Å². The molecule has 0 aliphatic carbocycles. The summed E-state index contributed by atoms with van der Waals surface area (Å²) in [5, 5.41) is 5.90. The Bertz CT molecular complexity index is 1650. The molecule has 0 saturated carbocycles. The first-order valence-electron chi connectivity index (χ1n) is 16.5. The molecular formula is C38H45ClN4O6. The second kappa shape index (κ2) is 16.6. The van der Waals surface area contributed by atoms with Gasteiger partial charge in [0, 0.05) is 44.6 Å². The average Bonchev–Trinajstić information content (AvgIpc) is 3.09. The molecule has 1 saturated heterocycles. The van der Waals surface area contributed by atoms with Crippen molar-refractivity contribution in [3.63, 3.8) is 0 Å². The second-order valence-corrected chi connectivity index (χ2v) is 13.7. The maximum absolute atomic E-state index is 12.9. The number of ketones is 1. The summed E-state index contributed by atoms with van der Waals surface area (Å²) in [5.41, 5.74) is 2.86. The number of amides is 4. The van der Waals surface area contributed by atoms with Gasteiger partial charge < -0.3 is 25.2 Å². The summed E-state index contributed by atoms with van der Waals surface area (Å²) in [6, 6.07) is 22.7. The van der Waals surface area contributed by atoms with Gasteiger partial charge in [-0.2, -0.15) is 0 Å². The Morgan fingerprint density at radius 1 is 0.857 bits per heavy atom. The standard InChI is InChI=1S/C19H26ClN3O4.C19H19NO2/c1-13-6-5-7-14(15(13)20)22-16(25)19(21-12-24)8-10-23(11-9-19)17(26)27-18(2,3)4;21-18(16-7-2-1-3-8-16)10-11-19(22)20-13-12-15-6-4-5-9-17(15)14-20/h5-7,12H,8-11H2,1-4H3,(H,21,24)(H,22,25);1-9H,10-14H2. The lowest BCUT2D eigenvalue weighted by Crippen LogP contribution is -2.60. The van der Waals surface area contributed by atoms with Gasteiger partial charge in [0.25, 0.3) is 0 Å². The van der Waals surface area contributed by atoms with E-state index in [2.05, 4.69) is 22.8 Å². The van der Waals surface area contributed by atoms with Crippen LogP contribution in [0, 0.1) is 6.92 Å². The van der Waals surface area contributed by atoms with Crippen molar-refractivity contribution in [2.45, 2.75) is 77.5 Å². The third-order valence-corrected chi connectivity index (χ3v) is 9.13. The number of hydrogen-bond donors (Lipinski definition) is 2. The smallest absolute Gasteiger partial charge is 0.410 e. The molecule has 3 aromatic carbocycles. The van der Waals surface area contributed by atoms with E-state index >= 15 is 0 Å². The fourth-order valence-corrected chi connectivity index (χ4v) is 5.96. The Hall–Kier alpha value is -4.70. The van der Waals surface area contributed by atoms with Gasteiger partial charge in [-0.1, -0.05) is 78.3 Å². The highest BCUT2D eigenvalue weighted by Crippen LogP contribution is 2.29. The number of hydrogen-bond acceptors (Lipinski definition) is 6. The number of rotatable bonds is 8. The first kappa shape index (κ1) is 37.1. The number of ether oxygens (including phenoxy) is 1. The van der Waals surface area contributed by atoms with Gasteiger partial charge in [0.1, 0.15) is 11.1 Å². The average molecular weight is 689 g/mol. The number of fused-ring (bicyclic) bond motifs is 1. The van der Waals surface area contributed by atoms with Crippen molar-refractivity contribution >= 4 is 47.4 Å². The third-order valence-electron chi connectivity index (χ3n) is 8.62. The van der Waals surface area contributed by atoms with Crippen LogP contribution >= 0.6 is 11.6 Å². The molecule has 0 spiro atoms. The number of benzene rings is 3. The van der Waals surface area contributed by atoms with Gasteiger partial charge >= 0.3 is 6.09 Å². The topological polar surface area (TPSA) is 125 Å². The lowest BCUT2D eigenvalue weighted by molar-refractivity contribution is -0.132. The van der Waals surface area contributed by atoms with Crippen LogP contribution in [0.25, 0.3) is 0 Å². The number of anilines is 1. The molecule has 0 radical (unpaired) electrons. The van der Waals surface area contributed by atoms with Gasteiger partial charge in [-0.05, 0) is 69.7 Å². The van der Waals surface area contributed by atoms with Crippen molar-refractivity contribution in [3.8, 4) is 0 Å². The van der Waals surface area contributed by atoms with Crippen molar-refractivity contribution in [1.82, 2.24) is 15.1 Å². The van der Waals surface area contributed by atoms with E-state index in [1.165, 1.54) is 11.1 Å². The number of likely N-dealkylation sites (tertiary alicyclic amines) is 1. The minimum atomic E-state index is -1.10. The quantitative estimate of drug-likeness (QED) is 0.210. The minimum absolute atomic E-state index is 0.0337. The van der Waals surface area contributed by atoms with E-state index in [0.29, 0.717) is 42.3 Å². The molecule has 2 N–H and O–H groups in total. The highest BCUT2D eigenvalue weighted by Gasteiger charge is 2.43. The van der Waals surface area contributed by atoms with Crippen molar-refractivity contribution in [2.75, 3.05) is 25.0 Å². The van der Waals surface area contributed by atoms with E-state index in [1.807, 2.05) is 48.2 Å². The van der Waals surface area contributed by atoms with E-state index < -0.39 is 17.2 Å². The molecule has 0 unspecified atom stereocenters. The van der Waals surface area contributed by atoms with Gasteiger partial charge in [0.2, 0.25) is 18.2 Å². The molecule has 0 atom stereocenters.